The lowest BCUT2D eigenvalue weighted by Gasteiger charge is -2.08. The highest BCUT2D eigenvalue weighted by Crippen LogP contribution is 2.43. The fourth-order valence-electron chi connectivity index (χ4n) is 3.71. The van der Waals surface area contributed by atoms with Crippen molar-refractivity contribution in [1.82, 2.24) is 9.97 Å². The summed E-state index contributed by atoms with van der Waals surface area (Å²) in [5.74, 6) is -0.808. The van der Waals surface area contributed by atoms with Crippen molar-refractivity contribution in [3.8, 4) is 16.3 Å². The summed E-state index contributed by atoms with van der Waals surface area (Å²) in [5, 5.41) is 5.50. The van der Waals surface area contributed by atoms with Crippen LogP contribution in [-0.4, -0.2) is 37.2 Å². The molecule has 0 bridgehead atoms. The lowest BCUT2D eigenvalue weighted by atomic mass is 10.1. The van der Waals surface area contributed by atoms with E-state index in [2.05, 4.69) is 24.7 Å². The van der Waals surface area contributed by atoms with E-state index in [9.17, 15) is 22.0 Å². The van der Waals surface area contributed by atoms with Crippen LogP contribution >= 0.6 is 34.5 Å². The Bertz CT molecular complexity index is 1810. The maximum absolute atomic E-state index is 13.1. The van der Waals surface area contributed by atoms with Crippen LogP contribution in [0.3, 0.4) is 0 Å². The van der Waals surface area contributed by atoms with Gasteiger partial charge in [0.25, 0.3) is 5.91 Å². The molecule has 0 saturated carbocycles. The van der Waals surface area contributed by atoms with E-state index in [1.54, 1.807) is 0 Å². The minimum atomic E-state index is -3.59. The number of rotatable bonds is 7. The zero-order chi connectivity index (χ0) is 27.2. The second-order valence-electron chi connectivity index (χ2n) is 7.85. The molecule has 38 heavy (non-hydrogen) atoms. The summed E-state index contributed by atoms with van der Waals surface area (Å²) in [5.41, 5.74) is 1.20. The number of aromatic nitrogens is 2. The summed E-state index contributed by atoms with van der Waals surface area (Å²) in [7, 11) is -3.59. The number of carbonyl (C=O) groups excluding carboxylic acids is 1. The molecule has 0 aliphatic carbocycles. The van der Waals surface area contributed by atoms with E-state index >= 15 is 0 Å². The molecular weight excluding hydrogens is 585 g/mol. The molecule has 1 amide bonds. The van der Waals surface area contributed by atoms with E-state index in [-0.39, 0.29) is 38.4 Å². The molecule has 0 radical (unpaired) electrons. The number of alkyl halides is 2. The van der Waals surface area contributed by atoms with Crippen molar-refractivity contribution in [2.75, 3.05) is 16.3 Å². The molecule has 9 nitrogen and oxygen atoms in total. The molecule has 3 heterocycles. The van der Waals surface area contributed by atoms with Crippen LogP contribution in [0, 0.1) is 0 Å². The molecule has 0 unspecified atom stereocenters. The SMILES string of the molecule is CS(=O)(=O)Nc1ccc2oc3c(OC(F)F)ccc(-c4nc(C(=O)Nc5c(Cl)cncc5Cl)cs4)c3c2c1. The summed E-state index contributed by atoms with van der Waals surface area (Å²) in [4.78, 5) is 21.1. The number of halogens is 4. The minimum Gasteiger partial charge on any atom is -0.452 e. The number of nitrogens with one attached hydrogen (secondary N) is 2. The van der Waals surface area contributed by atoms with E-state index in [1.807, 2.05) is 0 Å². The molecule has 0 aliphatic heterocycles. The van der Waals surface area contributed by atoms with Crippen LogP contribution in [0.4, 0.5) is 20.2 Å². The largest absolute Gasteiger partial charge is 0.452 e. The maximum atomic E-state index is 13.1. The van der Waals surface area contributed by atoms with Crippen molar-refractivity contribution in [3.63, 3.8) is 0 Å². The zero-order valence-corrected chi connectivity index (χ0v) is 22.1. The van der Waals surface area contributed by atoms with Gasteiger partial charge in [0.05, 0.1) is 22.0 Å². The van der Waals surface area contributed by atoms with Crippen molar-refractivity contribution in [2.45, 2.75) is 6.61 Å². The Morgan fingerprint density at radius 3 is 2.58 bits per heavy atom. The van der Waals surface area contributed by atoms with E-state index in [4.69, 9.17) is 27.6 Å². The van der Waals surface area contributed by atoms with Crippen molar-refractivity contribution >= 4 is 83.8 Å². The third-order valence-corrected chi connectivity index (χ3v) is 7.22. The molecule has 0 atom stereocenters. The third kappa shape index (κ3) is 5.23. The van der Waals surface area contributed by atoms with Crippen LogP contribution in [-0.2, 0) is 10.0 Å². The van der Waals surface area contributed by atoms with Gasteiger partial charge in [0.15, 0.2) is 11.3 Å². The Labute approximate surface area is 227 Å². The van der Waals surface area contributed by atoms with Crippen molar-refractivity contribution < 1.29 is 31.1 Å². The Hall–Kier alpha value is -3.52. The fourth-order valence-corrected chi connectivity index (χ4v) is 5.56. The van der Waals surface area contributed by atoms with Gasteiger partial charge in [0.2, 0.25) is 10.0 Å². The number of benzene rings is 2. The first kappa shape index (κ1) is 26.1. The van der Waals surface area contributed by atoms with Crippen molar-refractivity contribution in [2.24, 2.45) is 0 Å². The predicted molar refractivity (Wildman–Crippen MR) is 142 cm³/mol. The van der Waals surface area contributed by atoms with Crippen LogP contribution < -0.4 is 14.8 Å². The second kappa shape index (κ2) is 9.98. The van der Waals surface area contributed by atoms with Gasteiger partial charge in [-0.2, -0.15) is 8.78 Å². The molecular formula is C23H14Cl2F2N4O5S2. The molecule has 0 fully saturated rings. The number of furan rings is 1. The van der Waals surface area contributed by atoms with E-state index < -0.39 is 22.5 Å². The summed E-state index contributed by atoms with van der Waals surface area (Å²) in [6, 6.07) is 7.29. The van der Waals surface area contributed by atoms with Crippen molar-refractivity contribution in [3.05, 3.63) is 63.8 Å². The average Bonchev–Trinajstić information content (AvgIpc) is 3.46. The number of pyridine rings is 1. The molecule has 0 saturated heterocycles. The minimum absolute atomic E-state index is 0.00542. The van der Waals surface area contributed by atoms with E-state index in [0.29, 0.717) is 26.9 Å². The molecule has 5 aromatic rings. The third-order valence-electron chi connectivity index (χ3n) is 5.16. The highest BCUT2D eigenvalue weighted by molar-refractivity contribution is 7.92. The molecule has 2 N–H and O–H groups in total. The standard InChI is InChI=1S/C23H14Cl2F2N4O5S2/c1-38(33,34)31-10-2-4-16-12(6-10)18-11(3-5-17(20(18)35-16)36-23(26)27)22-29-15(9-37-22)21(32)30-19-13(24)7-28-8-14(19)25/h2-9,23,31H,1H3,(H,28,30,32). The molecule has 0 aliphatic rings. The van der Waals surface area contributed by atoms with Gasteiger partial charge in [-0.15, -0.1) is 11.3 Å². The van der Waals surface area contributed by atoms with E-state index in [0.717, 1.165) is 17.6 Å². The Kier molecular flexibility index (Phi) is 6.86. The average molecular weight is 599 g/mol. The Balaban J connectivity index is 1.62. The number of hydrogen-bond donors (Lipinski definition) is 2. The lowest BCUT2D eigenvalue weighted by Crippen LogP contribution is -2.13. The van der Waals surface area contributed by atoms with Gasteiger partial charge in [-0.1, -0.05) is 23.2 Å². The number of thiazole rings is 1. The number of fused-ring (bicyclic) bond motifs is 3. The summed E-state index contributed by atoms with van der Waals surface area (Å²) in [6.45, 7) is -3.11. The van der Waals surface area contributed by atoms with Crippen LogP contribution in [0.25, 0.3) is 32.5 Å². The monoisotopic (exact) mass is 598 g/mol. The van der Waals surface area contributed by atoms with Crippen LogP contribution in [0.5, 0.6) is 5.75 Å². The summed E-state index contributed by atoms with van der Waals surface area (Å²) < 4.78 is 62.5. The van der Waals surface area contributed by atoms with Gasteiger partial charge in [0, 0.05) is 39.8 Å². The van der Waals surface area contributed by atoms with Crippen LogP contribution in [0.1, 0.15) is 10.5 Å². The van der Waals surface area contributed by atoms with Gasteiger partial charge in [-0.05, 0) is 30.3 Å². The molecule has 15 heteroatoms. The van der Waals surface area contributed by atoms with Crippen molar-refractivity contribution in [1.29, 1.82) is 0 Å². The number of ether oxygens (including phenoxy) is 1. The summed E-state index contributed by atoms with van der Waals surface area (Å²) in [6.07, 6.45) is 3.65. The Morgan fingerprint density at radius 2 is 1.89 bits per heavy atom. The number of sulfonamides is 1. The zero-order valence-electron chi connectivity index (χ0n) is 19.0. The van der Waals surface area contributed by atoms with Gasteiger partial charge in [-0.3, -0.25) is 14.5 Å². The Morgan fingerprint density at radius 1 is 1.16 bits per heavy atom. The molecule has 2 aromatic carbocycles. The second-order valence-corrected chi connectivity index (χ2v) is 11.3. The van der Waals surface area contributed by atoms with Crippen LogP contribution in [0.2, 0.25) is 10.0 Å². The smallest absolute Gasteiger partial charge is 0.387 e. The molecule has 5 rings (SSSR count). The highest BCUT2D eigenvalue weighted by atomic mass is 35.5. The predicted octanol–water partition coefficient (Wildman–Crippen LogP) is 6.64. The van der Waals surface area contributed by atoms with Gasteiger partial charge < -0.3 is 14.5 Å². The van der Waals surface area contributed by atoms with E-state index in [1.165, 1.54) is 48.1 Å². The lowest BCUT2D eigenvalue weighted by molar-refractivity contribution is -0.0493. The molecule has 196 valence electrons. The van der Waals surface area contributed by atoms with Crippen LogP contribution in [0.15, 0.2) is 52.5 Å². The number of amides is 1. The first-order chi connectivity index (χ1) is 18.0. The number of carbonyl (C=O) groups is 1. The van der Waals surface area contributed by atoms with Gasteiger partial charge in [-0.25, -0.2) is 13.4 Å². The van der Waals surface area contributed by atoms with Gasteiger partial charge in [0.1, 0.15) is 16.3 Å². The maximum Gasteiger partial charge on any atom is 0.387 e. The number of hydrogen-bond acceptors (Lipinski definition) is 8. The van der Waals surface area contributed by atoms with Gasteiger partial charge >= 0.3 is 6.61 Å². The number of anilines is 2. The molecule has 0 spiro atoms. The highest BCUT2D eigenvalue weighted by Gasteiger charge is 2.22. The summed E-state index contributed by atoms with van der Waals surface area (Å²) >= 11 is 13.3. The number of nitrogens with zero attached hydrogens (tertiary/aromatic N) is 2. The normalized spacial score (nSPS) is 11.8. The fraction of sp³-hybridized carbons (Fsp3) is 0.0870. The topological polar surface area (TPSA) is 123 Å². The first-order valence-corrected chi connectivity index (χ1v) is 14.0. The first-order valence-electron chi connectivity index (χ1n) is 10.5. The quantitative estimate of drug-likeness (QED) is 0.215. The molecule has 3 aromatic heterocycles.